The Hall–Kier alpha value is -3.03. The average Bonchev–Trinajstić information content (AvgIpc) is 3.54. The smallest absolute Gasteiger partial charge is 0.295 e. The van der Waals surface area contributed by atoms with Crippen molar-refractivity contribution in [1.29, 1.82) is 0 Å². The number of rotatable bonds is 6. The monoisotopic (exact) mass is 403 g/mol. The number of morpholine rings is 1. The highest BCUT2D eigenvalue weighted by molar-refractivity contribution is 6.01. The summed E-state index contributed by atoms with van der Waals surface area (Å²) in [5, 5.41) is 7.44. The van der Waals surface area contributed by atoms with Gasteiger partial charge in [-0.2, -0.15) is 0 Å². The number of hydrogen-bond donors (Lipinski definition) is 1. The molecule has 0 unspecified atom stereocenters. The van der Waals surface area contributed by atoms with Crippen LogP contribution in [0.1, 0.15) is 40.8 Å². The minimum atomic E-state index is -0.285. The number of ether oxygens (including phenoxy) is 1. The first-order chi connectivity index (χ1) is 14.8. The fraction of sp³-hybridized carbons (Fsp3) is 0.348. The number of nitrogens with zero attached hydrogens (tertiary/aromatic N) is 4. The van der Waals surface area contributed by atoms with Crippen LogP contribution < -0.4 is 5.32 Å². The Kier molecular flexibility index (Phi) is 5.29. The van der Waals surface area contributed by atoms with Gasteiger partial charge in [0.2, 0.25) is 5.82 Å². The first kappa shape index (κ1) is 19.0. The summed E-state index contributed by atoms with van der Waals surface area (Å²) in [4.78, 5) is 19.7. The van der Waals surface area contributed by atoms with Crippen LogP contribution in [0.3, 0.4) is 0 Å². The van der Waals surface area contributed by atoms with Crippen molar-refractivity contribution in [3.63, 3.8) is 0 Å². The molecule has 2 fully saturated rings. The van der Waals surface area contributed by atoms with Crippen LogP contribution in [-0.2, 0) is 11.3 Å². The summed E-state index contributed by atoms with van der Waals surface area (Å²) in [5.74, 6) is 1.18. The first-order valence-electron chi connectivity index (χ1n) is 10.5. The van der Waals surface area contributed by atoms with E-state index >= 15 is 0 Å². The van der Waals surface area contributed by atoms with Crippen molar-refractivity contribution in [2.75, 3.05) is 31.6 Å². The highest BCUT2D eigenvalue weighted by Gasteiger charge is 2.31. The van der Waals surface area contributed by atoms with Gasteiger partial charge in [0, 0.05) is 31.2 Å². The third kappa shape index (κ3) is 4.27. The van der Waals surface area contributed by atoms with Crippen LogP contribution in [0.5, 0.6) is 0 Å². The second kappa shape index (κ2) is 8.38. The second-order valence-electron chi connectivity index (χ2n) is 7.85. The maximum Gasteiger partial charge on any atom is 0.295 e. The van der Waals surface area contributed by atoms with E-state index in [0.717, 1.165) is 62.9 Å². The van der Waals surface area contributed by atoms with Crippen molar-refractivity contribution in [3.05, 3.63) is 71.8 Å². The van der Waals surface area contributed by atoms with Gasteiger partial charge in [0.1, 0.15) is 5.82 Å². The van der Waals surface area contributed by atoms with Crippen molar-refractivity contribution in [2.24, 2.45) is 0 Å². The van der Waals surface area contributed by atoms with Gasteiger partial charge < -0.3 is 10.1 Å². The molecule has 0 atom stereocenters. The molecule has 1 amide bonds. The number of amides is 1. The average molecular weight is 403 g/mol. The minimum Gasteiger partial charge on any atom is -0.379 e. The molecule has 2 aromatic carbocycles. The van der Waals surface area contributed by atoms with Crippen LogP contribution in [0.4, 0.5) is 5.69 Å². The predicted molar refractivity (Wildman–Crippen MR) is 114 cm³/mol. The van der Waals surface area contributed by atoms with Crippen molar-refractivity contribution in [1.82, 2.24) is 19.7 Å². The summed E-state index contributed by atoms with van der Waals surface area (Å²) in [5.41, 5.74) is 2.89. The lowest BCUT2D eigenvalue weighted by molar-refractivity contribution is 0.0342. The Balaban J connectivity index is 1.28. The highest BCUT2D eigenvalue weighted by atomic mass is 16.5. The van der Waals surface area contributed by atoms with Crippen molar-refractivity contribution < 1.29 is 9.53 Å². The first-order valence-corrected chi connectivity index (χ1v) is 10.5. The standard InChI is InChI=1S/C23H25N5O2/c29-23(24-19-10-6-17(7-11-19)16-27-12-14-30-15-13-27)21-25-22(18-8-9-18)28(26-21)20-4-2-1-3-5-20/h1-7,10-11,18H,8-9,12-16H2,(H,24,29). The van der Waals surface area contributed by atoms with E-state index in [1.165, 1.54) is 5.56 Å². The molecule has 2 aliphatic rings. The van der Waals surface area contributed by atoms with Gasteiger partial charge in [0.25, 0.3) is 5.91 Å². The van der Waals surface area contributed by atoms with E-state index in [2.05, 4.69) is 32.4 Å². The topological polar surface area (TPSA) is 72.3 Å². The van der Waals surface area contributed by atoms with E-state index in [0.29, 0.717) is 5.92 Å². The summed E-state index contributed by atoms with van der Waals surface area (Å²) in [7, 11) is 0. The van der Waals surface area contributed by atoms with Crippen LogP contribution in [0.2, 0.25) is 0 Å². The molecule has 7 heteroatoms. The van der Waals surface area contributed by atoms with E-state index in [4.69, 9.17) is 4.74 Å². The lowest BCUT2D eigenvalue weighted by Crippen LogP contribution is -2.35. The van der Waals surface area contributed by atoms with E-state index in [9.17, 15) is 4.79 Å². The van der Waals surface area contributed by atoms with Gasteiger partial charge in [-0.1, -0.05) is 30.3 Å². The molecule has 3 aromatic rings. The zero-order valence-corrected chi connectivity index (χ0v) is 16.8. The van der Waals surface area contributed by atoms with Crippen LogP contribution in [0.15, 0.2) is 54.6 Å². The molecule has 2 heterocycles. The highest BCUT2D eigenvalue weighted by Crippen LogP contribution is 2.39. The second-order valence-corrected chi connectivity index (χ2v) is 7.85. The van der Waals surface area contributed by atoms with Crippen LogP contribution in [0, 0.1) is 0 Å². The van der Waals surface area contributed by atoms with Gasteiger partial charge in [-0.05, 0) is 42.7 Å². The van der Waals surface area contributed by atoms with Gasteiger partial charge in [0.15, 0.2) is 0 Å². The van der Waals surface area contributed by atoms with Crippen LogP contribution in [-0.4, -0.2) is 51.9 Å². The summed E-state index contributed by atoms with van der Waals surface area (Å²) >= 11 is 0. The van der Waals surface area contributed by atoms with Crippen molar-refractivity contribution >= 4 is 11.6 Å². The van der Waals surface area contributed by atoms with E-state index in [-0.39, 0.29) is 11.7 Å². The van der Waals surface area contributed by atoms with E-state index < -0.39 is 0 Å². The van der Waals surface area contributed by atoms with Crippen molar-refractivity contribution in [3.8, 4) is 5.69 Å². The number of para-hydroxylation sites is 1. The third-order valence-electron chi connectivity index (χ3n) is 5.50. The number of nitrogens with one attached hydrogen (secondary N) is 1. The number of benzene rings is 2. The third-order valence-corrected chi connectivity index (χ3v) is 5.50. The summed E-state index contributed by atoms with van der Waals surface area (Å²) in [6.07, 6.45) is 2.19. The predicted octanol–water partition coefficient (Wildman–Crippen LogP) is 3.23. The molecule has 1 saturated heterocycles. The molecule has 0 bridgehead atoms. The normalized spacial score (nSPS) is 17.1. The minimum absolute atomic E-state index is 0.207. The van der Waals surface area contributed by atoms with Gasteiger partial charge in [-0.15, -0.1) is 5.10 Å². The molecular formula is C23H25N5O2. The Bertz CT molecular complexity index is 1010. The SMILES string of the molecule is O=C(Nc1ccc(CN2CCOCC2)cc1)c1nc(C2CC2)n(-c2ccccc2)n1. The molecule has 30 heavy (non-hydrogen) atoms. The largest absolute Gasteiger partial charge is 0.379 e. The van der Waals surface area contributed by atoms with Gasteiger partial charge >= 0.3 is 0 Å². The van der Waals surface area contributed by atoms with Crippen LogP contribution in [0.25, 0.3) is 5.69 Å². The molecule has 5 rings (SSSR count). The number of hydrogen-bond acceptors (Lipinski definition) is 5. The fourth-order valence-electron chi connectivity index (χ4n) is 3.68. The molecule has 1 aliphatic heterocycles. The Morgan fingerprint density at radius 3 is 2.47 bits per heavy atom. The number of carbonyl (C=O) groups excluding carboxylic acids is 1. The molecular weight excluding hydrogens is 378 g/mol. The Morgan fingerprint density at radius 1 is 1.03 bits per heavy atom. The molecule has 7 nitrogen and oxygen atoms in total. The lowest BCUT2D eigenvalue weighted by atomic mass is 10.2. The lowest BCUT2D eigenvalue weighted by Gasteiger charge is -2.26. The molecule has 1 aliphatic carbocycles. The summed E-state index contributed by atoms with van der Waals surface area (Å²) < 4.78 is 7.20. The Labute approximate surface area is 175 Å². The maximum absolute atomic E-state index is 12.8. The van der Waals surface area contributed by atoms with Gasteiger partial charge in [-0.3, -0.25) is 9.69 Å². The van der Waals surface area contributed by atoms with Crippen molar-refractivity contribution in [2.45, 2.75) is 25.3 Å². The molecule has 0 spiro atoms. The van der Waals surface area contributed by atoms with Gasteiger partial charge in [0.05, 0.1) is 18.9 Å². The van der Waals surface area contributed by atoms with Crippen LogP contribution >= 0.6 is 0 Å². The molecule has 1 N–H and O–H groups in total. The van der Waals surface area contributed by atoms with E-state index in [1.54, 1.807) is 4.68 Å². The molecule has 0 radical (unpaired) electrons. The zero-order valence-electron chi connectivity index (χ0n) is 16.8. The van der Waals surface area contributed by atoms with Gasteiger partial charge in [-0.25, -0.2) is 9.67 Å². The molecule has 1 aromatic heterocycles. The number of carbonyl (C=O) groups is 1. The summed E-state index contributed by atoms with van der Waals surface area (Å²) in [6, 6.07) is 17.8. The maximum atomic E-state index is 12.8. The number of aromatic nitrogens is 3. The quantitative estimate of drug-likeness (QED) is 0.684. The van der Waals surface area contributed by atoms with E-state index in [1.807, 2.05) is 42.5 Å². The zero-order chi connectivity index (χ0) is 20.3. The Morgan fingerprint density at radius 2 is 1.77 bits per heavy atom. The number of anilines is 1. The molecule has 1 saturated carbocycles. The molecule has 154 valence electrons. The summed E-state index contributed by atoms with van der Waals surface area (Å²) in [6.45, 7) is 4.39. The fourth-order valence-corrected chi connectivity index (χ4v) is 3.68.